The highest BCUT2D eigenvalue weighted by molar-refractivity contribution is 4.72. The van der Waals surface area contributed by atoms with Crippen LogP contribution in [-0.2, 0) is 0 Å². The fourth-order valence-corrected chi connectivity index (χ4v) is 2.08. The Morgan fingerprint density at radius 1 is 1.00 bits per heavy atom. The van der Waals surface area contributed by atoms with E-state index in [2.05, 4.69) is 19.2 Å². The number of aliphatic hydroxyl groups is 3. The second-order valence-electron chi connectivity index (χ2n) is 5.28. The summed E-state index contributed by atoms with van der Waals surface area (Å²) in [4.78, 5) is 0. The molecule has 0 fully saturated rings. The zero-order chi connectivity index (χ0) is 13.4. The molecule has 4 nitrogen and oxygen atoms in total. The fourth-order valence-electron chi connectivity index (χ4n) is 2.08. The van der Waals surface area contributed by atoms with Crippen LogP contribution >= 0.6 is 0 Å². The van der Waals surface area contributed by atoms with Gasteiger partial charge in [-0.1, -0.05) is 27.2 Å². The smallest absolute Gasteiger partial charge is 0.154 e. The Morgan fingerprint density at radius 3 is 1.94 bits per heavy atom. The SMILES string of the molecule is CC[C@H](CC(CCC(C)C)[C@@H](O)NC)C(O)O. The van der Waals surface area contributed by atoms with E-state index in [1.54, 1.807) is 7.05 Å². The molecule has 4 heteroatoms. The van der Waals surface area contributed by atoms with Crippen LogP contribution in [0.4, 0.5) is 0 Å². The molecule has 0 spiro atoms. The Hall–Kier alpha value is -0.160. The highest BCUT2D eigenvalue weighted by Crippen LogP contribution is 2.25. The number of hydrogen-bond acceptors (Lipinski definition) is 4. The monoisotopic (exact) mass is 247 g/mol. The molecule has 0 aliphatic carbocycles. The third-order valence-corrected chi connectivity index (χ3v) is 3.41. The van der Waals surface area contributed by atoms with E-state index in [-0.39, 0.29) is 11.8 Å². The summed E-state index contributed by atoms with van der Waals surface area (Å²) in [5.74, 6) is 0.519. The van der Waals surface area contributed by atoms with Gasteiger partial charge in [-0.3, -0.25) is 5.32 Å². The summed E-state index contributed by atoms with van der Waals surface area (Å²) in [6.45, 7) is 6.25. The van der Waals surface area contributed by atoms with Gasteiger partial charge in [0.25, 0.3) is 0 Å². The molecule has 104 valence electrons. The molecule has 0 saturated carbocycles. The first-order valence-corrected chi connectivity index (χ1v) is 6.63. The van der Waals surface area contributed by atoms with E-state index in [9.17, 15) is 15.3 Å². The predicted octanol–water partition coefficient (Wildman–Crippen LogP) is 1.30. The quantitative estimate of drug-likeness (QED) is 0.463. The van der Waals surface area contributed by atoms with E-state index in [1.165, 1.54) is 0 Å². The summed E-state index contributed by atoms with van der Waals surface area (Å²) in [6.07, 6.45) is 1.45. The Kier molecular flexibility index (Phi) is 8.78. The number of nitrogens with one attached hydrogen (secondary N) is 1. The molecule has 0 bridgehead atoms. The van der Waals surface area contributed by atoms with Gasteiger partial charge in [-0.25, -0.2) is 0 Å². The van der Waals surface area contributed by atoms with E-state index >= 15 is 0 Å². The Balaban J connectivity index is 4.35. The molecule has 4 N–H and O–H groups in total. The lowest BCUT2D eigenvalue weighted by atomic mass is 9.86. The van der Waals surface area contributed by atoms with Crippen LogP contribution in [0.3, 0.4) is 0 Å². The number of aliphatic hydroxyl groups excluding tert-OH is 2. The van der Waals surface area contributed by atoms with Crippen molar-refractivity contribution in [3.8, 4) is 0 Å². The van der Waals surface area contributed by atoms with Crippen LogP contribution in [0.2, 0.25) is 0 Å². The minimum absolute atomic E-state index is 0.0779. The first-order valence-electron chi connectivity index (χ1n) is 6.63. The van der Waals surface area contributed by atoms with Crippen molar-refractivity contribution >= 4 is 0 Å². The second kappa shape index (κ2) is 8.86. The van der Waals surface area contributed by atoms with E-state index in [4.69, 9.17) is 0 Å². The summed E-state index contributed by atoms with van der Waals surface area (Å²) < 4.78 is 0. The van der Waals surface area contributed by atoms with Gasteiger partial charge >= 0.3 is 0 Å². The summed E-state index contributed by atoms with van der Waals surface area (Å²) in [5, 5.41) is 31.2. The van der Waals surface area contributed by atoms with Crippen molar-refractivity contribution < 1.29 is 15.3 Å². The van der Waals surface area contributed by atoms with Gasteiger partial charge in [0.05, 0.1) is 0 Å². The first-order chi connectivity index (χ1) is 7.92. The molecule has 0 radical (unpaired) electrons. The van der Waals surface area contributed by atoms with E-state index in [0.717, 1.165) is 12.8 Å². The molecule has 3 atom stereocenters. The van der Waals surface area contributed by atoms with Crippen molar-refractivity contribution in [2.45, 2.75) is 59.0 Å². The average Bonchev–Trinajstić information content (AvgIpc) is 2.27. The van der Waals surface area contributed by atoms with Crippen LogP contribution in [-0.4, -0.2) is 34.9 Å². The molecule has 0 aromatic rings. The lowest BCUT2D eigenvalue weighted by Crippen LogP contribution is -2.36. The van der Waals surface area contributed by atoms with Crippen LogP contribution < -0.4 is 5.32 Å². The molecule has 0 aliphatic rings. The van der Waals surface area contributed by atoms with Crippen molar-refractivity contribution in [1.29, 1.82) is 0 Å². The summed E-state index contributed by atoms with van der Waals surface area (Å²) in [7, 11) is 1.73. The third kappa shape index (κ3) is 6.99. The van der Waals surface area contributed by atoms with E-state index < -0.39 is 12.5 Å². The Morgan fingerprint density at radius 2 is 1.59 bits per heavy atom. The average molecular weight is 247 g/mol. The molecule has 0 aliphatic heterocycles. The largest absolute Gasteiger partial charge is 0.378 e. The molecule has 0 aromatic carbocycles. The first kappa shape index (κ1) is 16.8. The van der Waals surface area contributed by atoms with Crippen molar-refractivity contribution in [3.05, 3.63) is 0 Å². The summed E-state index contributed by atoms with van der Waals surface area (Å²) >= 11 is 0. The van der Waals surface area contributed by atoms with Crippen LogP contribution in [0, 0.1) is 17.8 Å². The van der Waals surface area contributed by atoms with Crippen LogP contribution in [0.25, 0.3) is 0 Å². The zero-order valence-electron chi connectivity index (χ0n) is 11.6. The Labute approximate surface area is 105 Å². The lowest BCUT2D eigenvalue weighted by molar-refractivity contribution is -0.0961. The van der Waals surface area contributed by atoms with Gasteiger partial charge in [0.1, 0.15) is 6.23 Å². The highest BCUT2D eigenvalue weighted by Gasteiger charge is 2.24. The van der Waals surface area contributed by atoms with Gasteiger partial charge in [-0.15, -0.1) is 0 Å². The van der Waals surface area contributed by atoms with Crippen LogP contribution in [0.1, 0.15) is 46.5 Å². The molecule has 0 aromatic heterocycles. The molecular weight excluding hydrogens is 218 g/mol. The normalized spacial score (nSPS) is 17.5. The topological polar surface area (TPSA) is 72.7 Å². The Bertz CT molecular complexity index is 186. The van der Waals surface area contributed by atoms with Crippen LogP contribution in [0.15, 0.2) is 0 Å². The fraction of sp³-hybridized carbons (Fsp3) is 1.00. The summed E-state index contributed by atoms with van der Waals surface area (Å²) in [5.41, 5.74) is 0. The maximum absolute atomic E-state index is 9.88. The minimum atomic E-state index is -1.29. The maximum Gasteiger partial charge on any atom is 0.154 e. The van der Waals surface area contributed by atoms with Crippen molar-refractivity contribution in [1.82, 2.24) is 5.32 Å². The van der Waals surface area contributed by atoms with Crippen molar-refractivity contribution in [3.63, 3.8) is 0 Å². The summed E-state index contributed by atoms with van der Waals surface area (Å²) in [6, 6.07) is 0. The predicted molar refractivity (Wildman–Crippen MR) is 69.3 cm³/mol. The minimum Gasteiger partial charge on any atom is -0.378 e. The van der Waals surface area contributed by atoms with E-state index in [0.29, 0.717) is 18.8 Å². The number of rotatable bonds is 9. The van der Waals surface area contributed by atoms with Crippen molar-refractivity contribution in [2.24, 2.45) is 17.8 Å². The van der Waals surface area contributed by atoms with Crippen LogP contribution in [0.5, 0.6) is 0 Å². The highest BCUT2D eigenvalue weighted by atomic mass is 16.5. The zero-order valence-corrected chi connectivity index (χ0v) is 11.6. The molecule has 1 unspecified atom stereocenters. The van der Waals surface area contributed by atoms with Crippen molar-refractivity contribution in [2.75, 3.05) is 7.05 Å². The van der Waals surface area contributed by atoms with Gasteiger partial charge in [0.15, 0.2) is 6.29 Å². The third-order valence-electron chi connectivity index (χ3n) is 3.41. The molecular formula is C13H29NO3. The van der Waals surface area contributed by atoms with Gasteiger partial charge < -0.3 is 15.3 Å². The van der Waals surface area contributed by atoms with Gasteiger partial charge in [-0.2, -0.15) is 0 Å². The van der Waals surface area contributed by atoms with Gasteiger partial charge in [0.2, 0.25) is 0 Å². The van der Waals surface area contributed by atoms with Gasteiger partial charge in [0, 0.05) is 5.92 Å². The molecule has 17 heavy (non-hydrogen) atoms. The lowest BCUT2D eigenvalue weighted by Gasteiger charge is -2.28. The molecule has 0 saturated heterocycles. The molecule has 0 heterocycles. The van der Waals surface area contributed by atoms with Gasteiger partial charge in [-0.05, 0) is 38.1 Å². The standard InChI is InChI=1S/C13H29NO3/c1-5-10(13(16)17)8-11(12(15)14-4)7-6-9(2)3/h9-17H,5-8H2,1-4H3/t10-,11?,12-/m1/s1. The second-order valence-corrected chi connectivity index (χ2v) is 5.28. The number of hydrogen-bond donors (Lipinski definition) is 4. The molecule has 0 amide bonds. The molecule has 0 rings (SSSR count). The maximum atomic E-state index is 9.88. The van der Waals surface area contributed by atoms with E-state index in [1.807, 2.05) is 6.92 Å².